The van der Waals surface area contributed by atoms with Gasteiger partial charge < -0.3 is 5.32 Å². The fraction of sp³-hybridized carbons (Fsp3) is 0.786. The summed E-state index contributed by atoms with van der Waals surface area (Å²) in [6, 6.07) is 0. The number of aromatic nitrogens is 2. The van der Waals surface area contributed by atoms with Crippen molar-refractivity contribution in [3.8, 4) is 0 Å². The third-order valence-corrected chi connectivity index (χ3v) is 5.94. The van der Waals surface area contributed by atoms with E-state index in [1.165, 1.54) is 6.20 Å². The number of hydrogen-bond donors (Lipinski definition) is 1. The third kappa shape index (κ3) is 4.05. The average Bonchev–Trinajstić information content (AvgIpc) is 2.97. The number of hydrogen-bond acceptors (Lipinski definition) is 4. The van der Waals surface area contributed by atoms with E-state index >= 15 is 0 Å². The van der Waals surface area contributed by atoms with Crippen LogP contribution in [0.3, 0.4) is 0 Å². The maximum Gasteiger partial charge on any atom is 0.246 e. The topological polar surface area (TPSA) is 67.2 Å². The van der Waals surface area contributed by atoms with E-state index in [0.717, 1.165) is 38.8 Å². The van der Waals surface area contributed by atoms with E-state index in [1.807, 2.05) is 7.05 Å². The second kappa shape index (κ2) is 7.38. The maximum absolute atomic E-state index is 12.7. The van der Waals surface area contributed by atoms with Gasteiger partial charge >= 0.3 is 0 Å². The quantitative estimate of drug-likeness (QED) is 0.771. The third-order valence-electron chi connectivity index (χ3n) is 4.12. The number of aryl methyl sites for hydroxylation is 1. The monoisotopic (exact) mass is 314 g/mol. The van der Waals surface area contributed by atoms with E-state index in [1.54, 1.807) is 15.2 Å². The molecule has 6 nitrogen and oxygen atoms in total. The zero-order valence-electron chi connectivity index (χ0n) is 13.0. The van der Waals surface area contributed by atoms with Crippen molar-refractivity contribution < 1.29 is 8.42 Å². The van der Waals surface area contributed by atoms with E-state index in [2.05, 4.69) is 17.3 Å². The van der Waals surface area contributed by atoms with Crippen LogP contribution in [0, 0.1) is 5.92 Å². The zero-order chi connectivity index (χ0) is 15.3. The summed E-state index contributed by atoms with van der Waals surface area (Å²) in [6.45, 7) is 5.02. The zero-order valence-corrected chi connectivity index (χ0v) is 13.8. The summed E-state index contributed by atoms with van der Waals surface area (Å²) in [4.78, 5) is 0.323. The fourth-order valence-corrected chi connectivity index (χ4v) is 4.26. The van der Waals surface area contributed by atoms with Gasteiger partial charge in [-0.3, -0.25) is 4.68 Å². The van der Waals surface area contributed by atoms with E-state index in [4.69, 9.17) is 0 Å². The summed E-state index contributed by atoms with van der Waals surface area (Å²) in [5.74, 6) is 0.485. The normalized spacial score (nSPS) is 20.8. The first kappa shape index (κ1) is 16.5. The van der Waals surface area contributed by atoms with Crippen LogP contribution in [-0.2, 0) is 16.6 Å². The Morgan fingerprint density at radius 1 is 1.48 bits per heavy atom. The van der Waals surface area contributed by atoms with E-state index in [9.17, 15) is 8.42 Å². The Bertz CT molecular complexity index is 541. The summed E-state index contributed by atoms with van der Waals surface area (Å²) < 4.78 is 28.6. The Morgan fingerprint density at radius 3 is 3.00 bits per heavy atom. The van der Waals surface area contributed by atoms with Gasteiger partial charge in [-0.15, -0.1) is 0 Å². The second-order valence-electron chi connectivity index (χ2n) is 5.68. The summed E-state index contributed by atoms with van der Waals surface area (Å²) in [7, 11) is -1.48. The molecule has 1 fully saturated rings. The van der Waals surface area contributed by atoms with Gasteiger partial charge in [0.1, 0.15) is 4.90 Å². The minimum absolute atomic E-state index is 0.323. The molecule has 1 aliphatic heterocycles. The van der Waals surface area contributed by atoms with Crippen molar-refractivity contribution in [1.29, 1.82) is 0 Å². The molecular weight excluding hydrogens is 288 g/mol. The first-order chi connectivity index (χ1) is 10.1. The molecule has 1 saturated heterocycles. The Labute approximate surface area is 127 Å². The van der Waals surface area contributed by atoms with Gasteiger partial charge in [0.15, 0.2) is 0 Å². The molecule has 1 N–H and O–H groups in total. The summed E-state index contributed by atoms with van der Waals surface area (Å²) in [6.07, 6.45) is 7.18. The first-order valence-corrected chi connectivity index (χ1v) is 9.19. The van der Waals surface area contributed by atoms with Crippen LogP contribution in [0.4, 0.5) is 0 Å². The molecule has 1 aliphatic rings. The van der Waals surface area contributed by atoms with Crippen LogP contribution >= 0.6 is 0 Å². The Morgan fingerprint density at radius 2 is 2.29 bits per heavy atom. The largest absolute Gasteiger partial charge is 0.320 e. The van der Waals surface area contributed by atoms with Crippen LogP contribution in [0.5, 0.6) is 0 Å². The molecule has 1 aromatic heterocycles. The Hall–Kier alpha value is -0.920. The highest BCUT2D eigenvalue weighted by Gasteiger charge is 2.30. The molecular formula is C14H26N4O2S. The molecule has 0 saturated carbocycles. The molecule has 2 rings (SSSR count). The van der Waals surface area contributed by atoms with Crippen molar-refractivity contribution in [3.63, 3.8) is 0 Å². The number of piperidine rings is 1. The van der Waals surface area contributed by atoms with Crippen molar-refractivity contribution in [3.05, 3.63) is 12.4 Å². The number of nitrogens with one attached hydrogen (secondary N) is 1. The molecule has 0 bridgehead atoms. The Kier molecular flexibility index (Phi) is 5.78. The number of rotatable bonds is 7. The van der Waals surface area contributed by atoms with Crippen molar-refractivity contribution in [2.24, 2.45) is 5.92 Å². The standard InChI is InChI=1S/C14H26N4O2S/c1-3-13-6-4-9-18(11-13)21(19,20)14-10-16-17(12-14)8-5-7-15-2/h10,12-13,15H,3-9,11H2,1-2H3. The predicted molar refractivity (Wildman–Crippen MR) is 82.5 cm³/mol. The molecule has 0 aromatic carbocycles. The van der Waals surface area contributed by atoms with Crippen LogP contribution in [0.15, 0.2) is 17.3 Å². The van der Waals surface area contributed by atoms with E-state index in [-0.39, 0.29) is 0 Å². The highest BCUT2D eigenvalue weighted by molar-refractivity contribution is 7.89. The van der Waals surface area contributed by atoms with E-state index < -0.39 is 10.0 Å². The van der Waals surface area contributed by atoms with Gasteiger partial charge in [0.05, 0.1) is 6.20 Å². The second-order valence-corrected chi connectivity index (χ2v) is 7.61. The first-order valence-electron chi connectivity index (χ1n) is 7.75. The highest BCUT2D eigenvalue weighted by Crippen LogP contribution is 2.25. The maximum atomic E-state index is 12.7. The summed E-state index contributed by atoms with van der Waals surface area (Å²) in [5, 5.41) is 7.24. The minimum Gasteiger partial charge on any atom is -0.320 e. The number of nitrogens with zero attached hydrogens (tertiary/aromatic N) is 3. The van der Waals surface area contributed by atoms with Crippen LogP contribution < -0.4 is 5.32 Å². The molecule has 1 unspecified atom stereocenters. The lowest BCUT2D eigenvalue weighted by Crippen LogP contribution is -2.39. The summed E-state index contributed by atoms with van der Waals surface area (Å²) >= 11 is 0. The van der Waals surface area contributed by atoms with Crippen molar-refractivity contribution in [1.82, 2.24) is 19.4 Å². The molecule has 1 aromatic rings. The molecule has 0 spiro atoms. The SMILES string of the molecule is CCC1CCCN(S(=O)(=O)c2cnn(CCCNC)c2)C1. The molecule has 2 heterocycles. The molecule has 1 atom stereocenters. The van der Waals surface area contributed by atoms with Gasteiger partial charge in [-0.25, -0.2) is 8.42 Å². The van der Waals surface area contributed by atoms with Crippen molar-refractivity contribution in [2.75, 3.05) is 26.7 Å². The lowest BCUT2D eigenvalue weighted by atomic mass is 9.97. The van der Waals surface area contributed by atoms with Gasteiger partial charge in [-0.05, 0) is 38.8 Å². The average molecular weight is 314 g/mol. The van der Waals surface area contributed by atoms with Gasteiger partial charge in [0, 0.05) is 25.8 Å². The minimum atomic E-state index is -3.38. The molecule has 120 valence electrons. The fourth-order valence-electron chi connectivity index (χ4n) is 2.75. The molecule has 7 heteroatoms. The van der Waals surface area contributed by atoms with Crippen LogP contribution in [-0.4, -0.2) is 49.2 Å². The predicted octanol–water partition coefficient (Wildman–Crippen LogP) is 1.30. The van der Waals surface area contributed by atoms with Crippen LogP contribution in [0.2, 0.25) is 0 Å². The van der Waals surface area contributed by atoms with Gasteiger partial charge in [-0.2, -0.15) is 9.40 Å². The van der Waals surface area contributed by atoms with Gasteiger partial charge in [-0.1, -0.05) is 13.3 Å². The molecule has 0 amide bonds. The van der Waals surface area contributed by atoms with Crippen LogP contribution in [0.25, 0.3) is 0 Å². The van der Waals surface area contributed by atoms with E-state index in [0.29, 0.717) is 23.9 Å². The lowest BCUT2D eigenvalue weighted by Gasteiger charge is -2.30. The smallest absolute Gasteiger partial charge is 0.246 e. The molecule has 0 radical (unpaired) electrons. The van der Waals surface area contributed by atoms with Crippen LogP contribution in [0.1, 0.15) is 32.6 Å². The number of sulfonamides is 1. The Balaban J connectivity index is 2.05. The van der Waals surface area contributed by atoms with Gasteiger partial charge in [0.2, 0.25) is 10.0 Å². The van der Waals surface area contributed by atoms with Crippen molar-refractivity contribution >= 4 is 10.0 Å². The molecule has 0 aliphatic carbocycles. The van der Waals surface area contributed by atoms with Gasteiger partial charge in [0.25, 0.3) is 0 Å². The molecule has 21 heavy (non-hydrogen) atoms. The highest BCUT2D eigenvalue weighted by atomic mass is 32.2. The summed E-state index contributed by atoms with van der Waals surface area (Å²) in [5.41, 5.74) is 0. The van der Waals surface area contributed by atoms with Crippen molar-refractivity contribution in [2.45, 2.75) is 44.0 Å². The lowest BCUT2D eigenvalue weighted by molar-refractivity contribution is 0.261.